The fourth-order valence-corrected chi connectivity index (χ4v) is 4.76. The molecule has 0 unspecified atom stereocenters. The highest BCUT2D eigenvalue weighted by Crippen LogP contribution is 2.27. The summed E-state index contributed by atoms with van der Waals surface area (Å²) in [6.07, 6.45) is 3.02. The van der Waals surface area contributed by atoms with Crippen molar-refractivity contribution in [1.29, 1.82) is 0 Å². The van der Waals surface area contributed by atoms with E-state index in [1.165, 1.54) is 22.9 Å². The van der Waals surface area contributed by atoms with Crippen LogP contribution < -0.4 is 5.56 Å². The zero-order valence-electron chi connectivity index (χ0n) is 16.5. The van der Waals surface area contributed by atoms with Crippen molar-refractivity contribution in [3.8, 4) is 0 Å². The predicted octanol–water partition coefficient (Wildman–Crippen LogP) is 4.43. The average molecular weight is 405 g/mol. The van der Waals surface area contributed by atoms with Gasteiger partial charge in [0.2, 0.25) is 5.91 Å². The largest absolute Gasteiger partial charge is 0.338 e. The zero-order valence-corrected chi connectivity index (χ0v) is 17.3. The summed E-state index contributed by atoms with van der Waals surface area (Å²) in [4.78, 5) is 28.0. The number of thioether (sulfide) groups is 1. The van der Waals surface area contributed by atoms with Gasteiger partial charge >= 0.3 is 0 Å². The van der Waals surface area contributed by atoms with E-state index < -0.39 is 0 Å². The summed E-state index contributed by atoms with van der Waals surface area (Å²) < 4.78 is 1.77. The highest BCUT2D eigenvalue weighted by molar-refractivity contribution is 8.00. The fourth-order valence-electron chi connectivity index (χ4n) is 3.79. The molecule has 0 fully saturated rings. The maximum absolute atomic E-state index is 12.8. The Morgan fingerprint density at radius 1 is 1.07 bits per heavy atom. The Morgan fingerprint density at radius 3 is 2.55 bits per heavy atom. The van der Waals surface area contributed by atoms with Gasteiger partial charge in [-0.15, -0.1) is 11.8 Å². The Hall–Kier alpha value is -2.79. The lowest BCUT2D eigenvalue weighted by molar-refractivity contribution is -0.127. The monoisotopic (exact) mass is 404 g/mol. The Labute approximate surface area is 174 Å². The molecule has 0 spiro atoms. The highest BCUT2D eigenvalue weighted by atomic mass is 32.2. The third kappa shape index (κ3) is 4.15. The summed E-state index contributed by atoms with van der Waals surface area (Å²) in [5.74, 6) is 0.454. The number of benzene rings is 2. The molecule has 0 saturated heterocycles. The second-order valence-electron chi connectivity index (χ2n) is 7.08. The maximum Gasteiger partial charge on any atom is 0.252 e. The first kappa shape index (κ1) is 19.5. The van der Waals surface area contributed by atoms with Gasteiger partial charge < -0.3 is 9.47 Å². The summed E-state index contributed by atoms with van der Waals surface area (Å²) in [6, 6.07) is 19.9. The third-order valence-electron chi connectivity index (χ3n) is 5.35. The molecule has 4 rings (SSSR count). The van der Waals surface area contributed by atoms with Crippen molar-refractivity contribution in [2.45, 2.75) is 24.8 Å². The molecule has 0 saturated carbocycles. The Kier molecular flexibility index (Phi) is 5.86. The van der Waals surface area contributed by atoms with Crippen molar-refractivity contribution >= 4 is 34.1 Å². The molecule has 2 aromatic carbocycles. The number of nitrogens with zero attached hydrogens (tertiary/aromatic N) is 2. The van der Waals surface area contributed by atoms with Gasteiger partial charge in [-0.3, -0.25) is 9.59 Å². The van der Waals surface area contributed by atoms with Crippen molar-refractivity contribution in [2.24, 2.45) is 0 Å². The first-order chi connectivity index (χ1) is 14.2. The Balaban J connectivity index is 1.46. The minimum atomic E-state index is -0.0189. The summed E-state index contributed by atoms with van der Waals surface area (Å²) >= 11 is 1.46. The van der Waals surface area contributed by atoms with Crippen molar-refractivity contribution in [3.63, 3.8) is 0 Å². The van der Waals surface area contributed by atoms with Crippen molar-refractivity contribution in [2.75, 3.05) is 18.8 Å². The van der Waals surface area contributed by atoms with E-state index >= 15 is 0 Å². The molecule has 0 bridgehead atoms. The normalized spacial score (nSPS) is 14.1. The number of hydrogen-bond donors (Lipinski definition) is 0. The number of carbonyl (C=O) groups is 1. The van der Waals surface area contributed by atoms with Gasteiger partial charge in [0.1, 0.15) is 0 Å². The summed E-state index contributed by atoms with van der Waals surface area (Å²) in [5.41, 5.74) is 3.44. The number of fused-ring (bicyclic) bond motifs is 1. The van der Waals surface area contributed by atoms with Gasteiger partial charge in [0.05, 0.1) is 11.3 Å². The summed E-state index contributed by atoms with van der Waals surface area (Å²) in [5, 5.41) is 1.02. The van der Waals surface area contributed by atoms with Crippen LogP contribution in [0.25, 0.3) is 16.5 Å². The van der Waals surface area contributed by atoms with E-state index in [9.17, 15) is 9.59 Å². The smallest absolute Gasteiger partial charge is 0.252 e. The van der Waals surface area contributed by atoms with Crippen LogP contribution in [-0.4, -0.2) is 34.2 Å². The van der Waals surface area contributed by atoms with Gasteiger partial charge in [-0.05, 0) is 30.5 Å². The lowest BCUT2D eigenvalue weighted by Crippen LogP contribution is -2.35. The molecule has 148 valence electrons. The molecule has 2 heterocycles. The van der Waals surface area contributed by atoms with Crippen LogP contribution >= 0.6 is 11.8 Å². The topological polar surface area (TPSA) is 42.3 Å². The van der Waals surface area contributed by atoms with Gasteiger partial charge in [0.25, 0.3) is 5.56 Å². The maximum atomic E-state index is 12.8. The van der Waals surface area contributed by atoms with Gasteiger partial charge in [0, 0.05) is 36.0 Å². The molecule has 0 N–H and O–H groups in total. The first-order valence-corrected chi connectivity index (χ1v) is 10.9. The number of hydrogen-bond acceptors (Lipinski definition) is 3. The lowest BCUT2D eigenvalue weighted by Gasteiger charge is -2.26. The first-order valence-electron chi connectivity index (χ1n) is 9.95. The zero-order chi connectivity index (χ0) is 20.2. The SMILES string of the molecule is CCn1c(=O)cc(SCC(=O)N2CC=C(c3ccccc3)CC2)c2ccccc21. The van der Waals surface area contributed by atoms with E-state index in [1.807, 2.05) is 54.3 Å². The molecule has 3 aromatic rings. The number of aromatic nitrogens is 1. The molecule has 0 atom stereocenters. The highest BCUT2D eigenvalue weighted by Gasteiger charge is 2.18. The molecule has 1 aliphatic heterocycles. The van der Waals surface area contributed by atoms with Gasteiger partial charge in [0.15, 0.2) is 0 Å². The molecule has 5 heteroatoms. The molecule has 1 aromatic heterocycles. The minimum Gasteiger partial charge on any atom is -0.338 e. The van der Waals surface area contributed by atoms with Crippen molar-refractivity contribution in [3.05, 3.63) is 82.7 Å². The quantitative estimate of drug-likeness (QED) is 0.591. The molecule has 0 aliphatic carbocycles. The van der Waals surface area contributed by atoms with Crippen LogP contribution in [-0.2, 0) is 11.3 Å². The Bertz CT molecular complexity index is 1120. The van der Waals surface area contributed by atoms with Gasteiger partial charge in [-0.25, -0.2) is 0 Å². The summed E-state index contributed by atoms with van der Waals surface area (Å²) in [6.45, 7) is 3.98. The number of aryl methyl sites for hydroxylation is 1. The average Bonchev–Trinajstić information content (AvgIpc) is 2.78. The number of carbonyl (C=O) groups excluding carboxylic acids is 1. The fraction of sp³-hybridized carbons (Fsp3) is 0.250. The van der Waals surface area contributed by atoms with Gasteiger partial charge in [-0.2, -0.15) is 0 Å². The molecule has 0 radical (unpaired) electrons. The summed E-state index contributed by atoms with van der Waals surface area (Å²) in [7, 11) is 0. The van der Waals surface area contributed by atoms with E-state index in [0.29, 0.717) is 18.8 Å². The molecule has 4 nitrogen and oxygen atoms in total. The van der Waals surface area contributed by atoms with Crippen molar-refractivity contribution < 1.29 is 4.79 Å². The van der Waals surface area contributed by atoms with Crippen LogP contribution in [0.5, 0.6) is 0 Å². The Morgan fingerprint density at radius 2 is 1.83 bits per heavy atom. The number of rotatable bonds is 5. The van der Waals surface area contributed by atoms with E-state index in [2.05, 4.69) is 18.2 Å². The van der Waals surface area contributed by atoms with Crippen LogP contribution in [0.3, 0.4) is 0 Å². The second kappa shape index (κ2) is 8.70. The number of amides is 1. The van der Waals surface area contributed by atoms with Crippen LogP contribution in [0.2, 0.25) is 0 Å². The standard InChI is InChI=1S/C24H24N2O2S/c1-2-26-21-11-7-6-10-20(21)22(16-23(26)27)29-17-24(28)25-14-12-19(13-15-25)18-8-4-3-5-9-18/h3-12,16H,2,13-15,17H2,1H3. The van der Waals surface area contributed by atoms with Crippen LogP contribution in [0.15, 0.2) is 76.4 Å². The van der Waals surface area contributed by atoms with E-state index in [0.717, 1.165) is 28.8 Å². The second-order valence-corrected chi connectivity index (χ2v) is 8.10. The van der Waals surface area contributed by atoms with Gasteiger partial charge in [-0.1, -0.05) is 54.6 Å². The molecule has 1 aliphatic rings. The van der Waals surface area contributed by atoms with E-state index in [1.54, 1.807) is 10.6 Å². The van der Waals surface area contributed by atoms with E-state index in [4.69, 9.17) is 0 Å². The third-order valence-corrected chi connectivity index (χ3v) is 6.39. The lowest BCUT2D eigenvalue weighted by atomic mass is 10.00. The molecule has 29 heavy (non-hydrogen) atoms. The van der Waals surface area contributed by atoms with Crippen molar-refractivity contribution in [1.82, 2.24) is 9.47 Å². The van der Waals surface area contributed by atoms with Crippen LogP contribution in [0.1, 0.15) is 18.9 Å². The minimum absolute atomic E-state index is 0.0189. The molecular weight excluding hydrogens is 380 g/mol. The van der Waals surface area contributed by atoms with Crippen LogP contribution in [0, 0.1) is 0 Å². The number of para-hydroxylation sites is 1. The number of pyridine rings is 1. The van der Waals surface area contributed by atoms with Crippen LogP contribution in [0.4, 0.5) is 0 Å². The molecule has 1 amide bonds. The van der Waals surface area contributed by atoms with E-state index in [-0.39, 0.29) is 11.5 Å². The predicted molar refractivity (Wildman–Crippen MR) is 120 cm³/mol. The molecular formula is C24H24N2O2S.